The molecule has 58 valence electrons. The van der Waals surface area contributed by atoms with E-state index in [-0.39, 0.29) is 12.3 Å². The number of nitrogens with two attached hydrogens (primary N) is 2. The van der Waals surface area contributed by atoms with E-state index < -0.39 is 0 Å². The van der Waals surface area contributed by atoms with Crippen LogP contribution in [0.4, 0.5) is 0 Å². The van der Waals surface area contributed by atoms with E-state index in [0.29, 0.717) is 0 Å². The molecule has 1 aromatic heterocycles. The predicted octanol–water partition coefficient (Wildman–Crippen LogP) is 2.80. The second-order valence-corrected chi connectivity index (χ2v) is 0.676. The van der Waals surface area contributed by atoms with Crippen molar-refractivity contribution in [2.75, 3.05) is 0 Å². The van der Waals surface area contributed by atoms with Crippen molar-refractivity contribution >= 4 is 9.42 Å². The smallest absolute Gasteiger partial charge is 0.180 e. The molecule has 0 aromatic carbocycles. The summed E-state index contributed by atoms with van der Waals surface area (Å²) >= 11 is 1.61. The Kier molecular flexibility index (Phi) is 28.0. The zero-order valence-electron chi connectivity index (χ0n) is 4.44. The van der Waals surface area contributed by atoms with Crippen LogP contribution in [0.15, 0.2) is 23.3 Å². The van der Waals surface area contributed by atoms with E-state index in [1.807, 2.05) is 0 Å². The zero-order valence-corrected chi connectivity index (χ0v) is 7.46. The number of rotatable bonds is 0. The maximum absolute atomic E-state index is 4.61. The van der Waals surface area contributed by atoms with Gasteiger partial charge in [0.05, 0.1) is 6.20 Å². The minimum absolute atomic E-state index is 0. The fraction of sp³-hybridized carbons (Fsp3) is 0. The van der Waals surface area contributed by atoms with Crippen molar-refractivity contribution in [3.05, 3.63) is 31.2 Å². The average molecular weight is 332 g/mol. The molecule has 1 aromatic rings. The van der Waals surface area contributed by atoms with Gasteiger partial charge in [-0.25, -0.2) is 4.98 Å². The van der Waals surface area contributed by atoms with E-state index >= 15 is 0 Å². The van der Waals surface area contributed by atoms with Gasteiger partial charge in [-0.1, -0.05) is 0 Å². The molecule has 0 aliphatic rings. The minimum atomic E-state index is 0. The molecule has 0 fully saturated rings. The predicted molar refractivity (Wildman–Crippen MR) is 32.9 cm³/mol. The van der Waals surface area contributed by atoms with Crippen molar-refractivity contribution in [3.8, 4) is 0 Å². The molecule has 0 bridgehead atoms. The molecule has 0 amide bonds. The molecule has 4 N–H and O–H groups in total. The van der Waals surface area contributed by atoms with Crippen molar-refractivity contribution in [1.29, 1.82) is 0 Å². The number of nitrogens with zero attached hydrogens (tertiary/aromatic N) is 1. The summed E-state index contributed by atoms with van der Waals surface area (Å²) in [7, 11) is 4.61. The Bertz CT molecular complexity index is 75.5. The van der Waals surface area contributed by atoms with Gasteiger partial charge in [0.2, 0.25) is 0 Å². The van der Waals surface area contributed by atoms with Gasteiger partial charge in [-0.15, -0.1) is 0 Å². The summed E-state index contributed by atoms with van der Waals surface area (Å²) in [6.45, 7) is 0. The first-order valence-corrected chi connectivity index (χ1v) is 4.26. The van der Waals surface area contributed by atoms with Crippen LogP contribution in [0.2, 0.25) is 0 Å². The van der Waals surface area contributed by atoms with Gasteiger partial charge in [0, 0.05) is 0 Å². The van der Waals surface area contributed by atoms with Gasteiger partial charge in [0.15, 0.2) is 6.39 Å². The maximum Gasteiger partial charge on any atom is 0.180 e. The molecule has 0 aliphatic carbocycles. The normalized spacial score (nSPS) is 5.22. The summed E-state index contributed by atoms with van der Waals surface area (Å²) < 4.78 is 4.47. The van der Waals surface area contributed by atoms with Gasteiger partial charge in [-0.05, 0) is 0 Å². The molecular weight excluding hydrogens is 325 g/mol. The van der Waals surface area contributed by atoms with E-state index in [2.05, 4.69) is 18.8 Å². The summed E-state index contributed by atoms with van der Waals surface area (Å²) in [5, 5.41) is 0. The number of oxazole rings is 1. The maximum atomic E-state index is 4.61. The summed E-state index contributed by atoms with van der Waals surface area (Å²) in [6.07, 6.45) is 4.47. The van der Waals surface area contributed by atoms with Gasteiger partial charge < -0.3 is 16.7 Å². The van der Waals surface area contributed by atoms with Crippen molar-refractivity contribution in [2.45, 2.75) is 0 Å². The van der Waals surface area contributed by atoms with Crippen LogP contribution < -0.4 is 0 Å². The number of hydrogen-bond acceptors (Lipinski definition) is 2. The molecule has 1 heterocycles. The van der Waals surface area contributed by atoms with Gasteiger partial charge in [-0.3, -0.25) is 0 Å². The third-order valence-corrected chi connectivity index (χ3v) is 0.347. The molecule has 0 saturated heterocycles. The molecule has 0 atom stereocenters. The first kappa shape index (κ1) is 16.0. The Morgan fingerprint density at radius 2 is 1.89 bits per heavy atom. The zero-order chi connectivity index (χ0) is 5.54. The first-order chi connectivity index (χ1) is 3.50. The van der Waals surface area contributed by atoms with Gasteiger partial charge in [0.1, 0.15) is 6.26 Å². The number of aromatic nitrogens is 1. The van der Waals surface area contributed by atoms with Crippen molar-refractivity contribution < 1.29 is 23.2 Å². The summed E-state index contributed by atoms with van der Waals surface area (Å²) in [5.74, 6) is 0. The molecule has 9 heavy (non-hydrogen) atoms. The van der Waals surface area contributed by atoms with Crippen LogP contribution in [0.1, 0.15) is 0 Å². The number of halogens is 1. The van der Waals surface area contributed by atoms with E-state index in [1.165, 1.54) is 12.7 Å². The first-order valence-electron chi connectivity index (χ1n) is 1.44. The van der Waals surface area contributed by atoms with Crippen molar-refractivity contribution in [3.63, 3.8) is 0 Å². The second kappa shape index (κ2) is 15.7. The molecular formula is C3H7ClN3OPt-. The molecule has 6 heteroatoms. The SMILES string of the molecule is [Cl][Pt+].[NH2-].[NH2-].c1cocn1. The molecule has 4 nitrogen and oxygen atoms in total. The Balaban J connectivity index is -0.0000000836. The average Bonchev–Trinajstić information content (AvgIpc) is 2.23. The third kappa shape index (κ3) is 11.6. The topological polar surface area (TPSA) is 93.0 Å². The van der Waals surface area contributed by atoms with Crippen molar-refractivity contribution in [1.82, 2.24) is 4.98 Å². The largest absolute Gasteiger partial charge is 0.693 e. The van der Waals surface area contributed by atoms with E-state index in [0.717, 1.165) is 0 Å². The van der Waals surface area contributed by atoms with Gasteiger partial charge in [0.25, 0.3) is 0 Å². The van der Waals surface area contributed by atoms with Gasteiger partial charge >= 0.3 is 28.2 Å². The quantitative estimate of drug-likeness (QED) is 0.731. The minimum Gasteiger partial charge on any atom is -0.693 e. The molecule has 1 rings (SSSR count). The third-order valence-electron chi connectivity index (χ3n) is 0.347. The fourth-order valence-electron chi connectivity index (χ4n) is 0.176. The summed E-state index contributed by atoms with van der Waals surface area (Å²) in [6, 6.07) is 0. The molecule has 0 aliphatic heterocycles. The Hall–Kier alpha value is 0.108. The summed E-state index contributed by atoms with van der Waals surface area (Å²) in [5.41, 5.74) is 0. The van der Waals surface area contributed by atoms with E-state index in [1.54, 1.807) is 25.0 Å². The van der Waals surface area contributed by atoms with Crippen LogP contribution in [-0.4, -0.2) is 4.98 Å². The van der Waals surface area contributed by atoms with Crippen LogP contribution in [0.5, 0.6) is 0 Å². The number of hydrogen-bond donors (Lipinski definition) is 0. The summed E-state index contributed by atoms with van der Waals surface area (Å²) in [4.78, 5) is 3.56. The van der Waals surface area contributed by atoms with Crippen molar-refractivity contribution in [2.24, 2.45) is 0 Å². The standard InChI is InChI=1S/C3H3NO.ClH.2H2N.Pt/c1-2-5-3-4-1;;;;/h1-3H;1H;2*1H2;/q;;2*-1;+2/p-1. The molecule has 0 radical (unpaired) electrons. The Morgan fingerprint density at radius 3 is 2.00 bits per heavy atom. The van der Waals surface area contributed by atoms with Gasteiger partial charge in [-0.2, -0.15) is 0 Å². The van der Waals surface area contributed by atoms with Crippen LogP contribution in [0, 0.1) is 0 Å². The van der Waals surface area contributed by atoms with Crippen LogP contribution in [-0.2, 0) is 18.8 Å². The Labute approximate surface area is 69.0 Å². The van der Waals surface area contributed by atoms with Crippen LogP contribution in [0.3, 0.4) is 0 Å². The fourth-order valence-corrected chi connectivity index (χ4v) is 0.176. The second-order valence-electron chi connectivity index (χ2n) is 0.676. The van der Waals surface area contributed by atoms with Crippen LogP contribution in [0.25, 0.3) is 12.3 Å². The Morgan fingerprint density at radius 1 is 1.33 bits per heavy atom. The van der Waals surface area contributed by atoms with E-state index in [4.69, 9.17) is 0 Å². The van der Waals surface area contributed by atoms with Crippen LogP contribution >= 0.6 is 9.42 Å². The molecule has 0 spiro atoms. The molecule has 0 unspecified atom stereocenters. The van der Waals surface area contributed by atoms with E-state index in [9.17, 15) is 0 Å². The molecule has 0 saturated carbocycles. The monoisotopic (exact) mass is 331 g/mol.